The van der Waals surface area contributed by atoms with Crippen molar-refractivity contribution in [3.8, 4) is 0 Å². The SMILES string of the molecule is CCOC(CO)(CO)CCCO.COC. The summed E-state index contributed by atoms with van der Waals surface area (Å²) in [5, 5.41) is 26.5. The zero-order valence-corrected chi connectivity index (χ0v) is 9.90. The highest BCUT2D eigenvalue weighted by Crippen LogP contribution is 2.16. The number of rotatable bonds is 7. The fourth-order valence-electron chi connectivity index (χ4n) is 1.08. The van der Waals surface area contributed by atoms with E-state index in [9.17, 15) is 0 Å². The summed E-state index contributed by atoms with van der Waals surface area (Å²) in [5.41, 5.74) is -0.864. The van der Waals surface area contributed by atoms with E-state index in [0.717, 1.165) is 0 Å². The number of hydrogen-bond donors (Lipinski definition) is 3. The van der Waals surface area contributed by atoms with Crippen molar-refractivity contribution in [1.82, 2.24) is 0 Å². The van der Waals surface area contributed by atoms with Gasteiger partial charge in [-0.05, 0) is 19.8 Å². The van der Waals surface area contributed by atoms with Crippen molar-refractivity contribution in [3.05, 3.63) is 0 Å². The molecule has 0 saturated carbocycles. The quantitative estimate of drug-likeness (QED) is 0.557. The summed E-state index contributed by atoms with van der Waals surface area (Å²) in [4.78, 5) is 0. The molecule has 0 spiro atoms. The van der Waals surface area contributed by atoms with E-state index < -0.39 is 5.60 Å². The minimum atomic E-state index is -0.864. The largest absolute Gasteiger partial charge is 0.396 e. The third kappa shape index (κ3) is 8.77. The second-order valence-electron chi connectivity index (χ2n) is 3.17. The lowest BCUT2D eigenvalue weighted by Crippen LogP contribution is -2.41. The maximum atomic E-state index is 8.97. The predicted molar refractivity (Wildman–Crippen MR) is 57.8 cm³/mol. The van der Waals surface area contributed by atoms with E-state index in [1.807, 2.05) is 0 Å². The Morgan fingerprint density at radius 3 is 1.80 bits per heavy atom. The minimum absolute atomic E-state index is 0.0504. The van der Waals surface area contributed by atoms with Crippen LogP contribution in [0.4, 0.5) is 0 Å². The van der Waals surface area contributed by atoms with Gasteiger partial charge in [-0.2, -0.15) is 0 Å². The van der Waals surface area contributed by atoms with Crippen molar-refractivity contribution in [2.45, 2.75) is 25.4 Å². The van der Waals surface area contributed by atoms with Crippen LogP contribution in [0.5, 0.6) is 0 Å². The zero-order chi connectivity index (χ0) is 12.2. The molecule has 0 fully saturated rings. The van der Waals surface area contributed by atoms with Crippen molar-refractivity contribution >= 4 is 0 Å². The van der Waals surface area contributed by atoms with Gasteiger partial charge in [0, 0.05) is 27.4 Å². The number of aliphatic hydroxyl groups is 3. The molecule has 0 aromatic rings. The molecule has 0 rings (SSSR count). The van der Waals surface area contributed by atoms with Gasteiger partial charge in [0.2, 0.25) is 0 Å². The molecule has 0 aromatic carbocycles. The van der Waals surface area contributed by atoms with E-state index in [1.165, 1.54) is 0 Å². The minimum Gasteiger partial charge on any atom is -0.396 e. The number of methoxy groups -OCH3 is 1. The zero-order valence-electron chi connectivity index (χ0n) is 9.90. The molecule has 0 bridgehead atoms. The lowest BCUT2D eigenvalue weighted by molar-refractivity contribution is -0.111. The highest BCUT2D eigenvalue weighted by molar-refractivity contribution is 4.78. The maximum absolute atomic E-state index is 8.97. The molecule has 0 aliphatic heterocycles. The molecule has 94 valence electrons. The maximum Gasteiger partial charge on any atom is 0.114 e. The molecule has 3 N–H and O–H groups in total. The average Bonchev–Trinajstić information content (AvgIpc) is 2.26. The van der Waals surface area contributed by atoms with Gasteiger partial charge in [-0.3, -0.25) is 0 Å². The summed E-state index contributed by atoms with van der Waals surface area (Å²) < 4.78 is 9.47. The summed E-state index contributed by atoms with van der Waals surface area (Å²) in [5.74, 6) is 0. The topological polar surface area (TPSA) is 79.2 Å². The molecule has 0 radical (unpaired) electrons. The first kappa shape index (κ1) is 17.2. The summed E-state index contributed by atoms with van der Waals surface area (Å²) >= 11 is 0. The van der Waals surface area contributed by atoms with E-state index in [0.29, 0.717) is 19.4 Å². The van der Waals surface area contributed by atoms with Crippen LogP contribution in [0.3, 0.4) is 0 Å². The normalized spacial score (nSPS) is 10.8. The van der Waals surface area contributed by atoms with Gasteiger partial charge in [0.05, 0.1) is 13.2 Å². The van der Waals surface area contributed by atoms with E-state index >= 15 is 0 Å². The Labute approximate surface area is 91.6 Å². The molecule has 0 unspecified atom stereocenters. The number of hydrogen-bond acceptors (Lipinski definition) is 5. The molecule has 5 heteroatoms. The Morgan fingerprint density at radius 1 is 1.07 bits per heavy atom. The van der Waals surface area contributed by atoms with Crippen LogP contribution in [0.2, 0.25) is 0 Å². The Morgan fingerprint density at radius 2 is 1.53 bits per heavy atom. The standard InChI is InChI=1S/C8H18O4.C2H6O/c1-2-12-8(6-10,7-11)4-3-5-9;1-3-2/h9-11H,2-7H2,1H3;1-2H3. The van der Waals surface area contributed by atoms with E-state index in [4.69, 9.17) is 20.1 Å². The number of aliphatic hydroxyl groups excluding tert-OH is 3. The summed E-state index contributed by atoms with van der Waals surface area (Å²) in [6, 6.07) is 0. The van der Waals surface area contributed by atoms with Crippen LogP contribution in [0.15, 0.2) is 0 Å². The third-order valence-electron chi connectivity index (χ3n) is 1.82. The molecule has 0 amide bonds. The fraction of sp³-hybridized carbons (Fsp3) is 1.00. The molecule has 0 aromatic heterocycles. The first-order chi connectivity index (χ1) is 7.16. The summed E-state index contributed by atoms with van der Waals surface area (Å²) in [6.07, 6.45) is 1.01. The molecular formula is C10H24O5. The molecule has 0 atom stereocenters. The summed E-state index contributed by atoms with van der Waals surface area (Å²) in [6.45, 7) is 1.88. The lowest BCUT2D eigenvalue weighted by atomic mass is 10.00. The summed E-state index contributed by atoms with van der Waals surface area (Å²) in [7, 11) is 3.25. The Kier molecular flexibility index (Phi) is 13.6. The molecule has 5 nitrogen and oxygen atoms in total. The van der Waals surface area contributed by atoms with Gasteiger partial charge in [-0.15, -0.1) is 0 Å². The lowest BCUT2D eigenvalue weighted by Gasteiger charge is -2.29. The molecule has 0 heterocycles. The monoisotopic (exact) mass is 224 g/mol. The van der Waals surface area contributed by atoms with Crippen molar-refractivity contribution < 1.29 is 24.8 Å². The fourth-order valence-corrected chi connectivity index (χ4v) is 1.08. The van der Waals surface area contributed by atoms with E-state index in [1.54, 1.807) is 21.1 Å². The van der Waals surface area contributed by atoms with Crippen LogP contribution in [-0.4, -0.2) is 61.6 Å². The van der Waals surface area contributed by atoms with Crippen molar-refractivity contribution in [3.63, 3.8) is 0 Å². The molecule has 0 aliphatic carbocycles. The molecule has 0 aliphatic rings. The first-order valence-corrected chi connectivity index (χ1v) is 5.03. The van der Waals surface area contributed by atoms with Crippen LogP contribution >= 0.6 is 0 Å². The van der Waals surface area contributed by atoms with E-state index in [-0.39, 0.29) is 19.8 Å². The van der Waals surface area contributed by atoms with Gasteiger partial charge in [-0.25, -0.2) is 0 Å². The van der Waals surface area contributed by atoms with Crippen molar-refractivity contribution in [2.75, 3.05) is 40.6 Å². The van der Waals surface area contributed by atoms with Gasteiger partial charge in [0.25, 0.3) is 0 Å². The smallest absolute Gasteiger partial charge is 0.114 e. The predicted octanol–water partition coefficient (Wildman–Crippen LogP) is -0.219. The second kappa shape index (κ2) is 11.9. The van der Waals surface area contributed by atoms with Crippen LogP contribution in [0.1, 0.15) is 19.8 Å². The highest BCUT2D eigenvalue weighted by atomic mass is 16.5. The number of ether oxygens (including phenoxy) is 2. The first-order valence-electron chi connectivity index (χ1n) is 5.03. The van der Waals surface area contributed by atoms with Crippen LogP contribution in [0.25, 0.3) is 0 Å². The Balaban J connectivity index is 0. The van der Waals surface area contributed by atoms with Crippen LogP contribution < -0.4 is 0 Å². The second-order valence-corrected chi connectivity index (χ2v) is 3.17. The Hall–Kier alpha value is -0.200. The van der Waals surface area contributed by atoms with E-state index in [2.05, 4.69) is 4.74 Å². The average molecular weight is 224 g/mol. The van der Waals surface area contributed by atoms with Gasteiger partial charge in [0.15, 0.2) is 0 Å². The van der Waals surface area contributed by atoms with Crippen molar-refractivity contribution in [1.29, 1.82) is 0 Å². The van der Waals surface area contributed by atoms with Gasteiger partial charge in [0.1, 0.15) is 5.60 Å². The van der Waals surface area contributed by atoms with Gasteiger partial charge < -0.3 is 24.8 Å². The van der Waals surface area contributed by atoms with Crippen LogP contribution in [0, 0.1) is 0 Å². The molecular weight excluding hydrogens is 200 g/mol. The third-order valence-corrected chi connectivity index (χ3v) is 1.82. The van der Waals surface area contributed by atoms with Crippen LogP contribution in [-0.2, 0) is 9.47 Å². The van der Waals surface area contributed by atoms with Crippen molar-refractivity contribution in [2.24, 2.45) is 0 Å². The highest BCUT2D eigenvalue weighted by Gasteiger charge is 2.28. The van der Waals surface area contributed by atoms with Gasteiger partial charge >= 0.3 is 0 Å². The molecule has 0 saturated heterocycles. The molecule has 15 heavy (non-hydrogen) atoms. The Bertz CT molecular complexity index is 114. The van der Waals surface area contributed by atoms with Gasteiger partial charge in [-0.1, -0.05) is 0 Å².